The first-order chi connectivity index (χ1) is 9.35. The van der Waals surface area contributed by atoms with Gasteiger partial charge in [0.15, 0.2) is 0 Å². The molecule has 0 heterocycles. The summed E-state index contributed by atoms with van der Waals surface area (Å²) in [5, 5.41) is 11.7. The van der Waals surface area contributed by atoms with Gasteiger partial charge in [-0.25, -0.2) is 0 Å². The molecule has 0 unspecified atom stereocenters. The predicted octanol–water partition coefficient (Wildman–Crippen LogP) is 1.31. The molecular formula is C15H22N2O3. The summed E-state index contributed by atoms with van der Waals surface area (Å²) in [6.45, 7) is 4.77. The van der Waals surface area contributed by atoms with E-state index in [1.54, 1.807) is 12.1 Å². The minimum Gasteiger partial charge on any atom is -0.396 e. The number of carbonyl (C=O) groups excluding carboxylic acids is 2. The van der Waals surface area contributed by atoms with E-state index < -0.39 is 5.91 Å². The van der Waals surface area contributed by atoms with Gasteiger partial charge < -0.3 is 16.2 Å². The molecule has 0 aliphatic heterocycles. The Kier molecular flexibility index (Phi) is 5.70. The Morgan fingerprint density at radius 2 is 1.75 bits per heavy atom. The minimum absolute atomic E-state index is 0.0639. The molecule has 5 nitrogen and oxygen atoms in total. The number of hydrogen-bond donors (Lipinski definition) is 3. The molecule has 110 valence electrons. The zero-order chi connectivity index (χ0) is 15.2. The van der Waals surface area contributed by atoms with Crippen molar-refractivity contribution < 1.29 is 14.7 Å². The largest absolute Gasteiger partial charge is 0.396 e. The van der Waals surface area contributed by atoms with Crippen LogP contribution < -0.4 is 11.1 Å². The normalized spacial score (nSPS) is 11.2. The third-order valence-electron chi connectivity index (χ3n) is 3.17. The maximum Gasteiger partial charge on any atom is 0.251 e. The Hall–Kier alpha value is -1.88. The average Bonchev–Trinajstić information content (AvgIpc) is 2.43. The first-order valence-corrected chi connectivity index (χ1v) is 6.65. The maximum atomic E-state index is 12.0. The first kappa shape index (κ1) is 16.2. The van der Waals surface area contributed by atoms with Gasteiger partial charge in [-0.05, 0) is 42.5 Å². The lowest BCUT2D eigenvalue weighted by Gasteiger charge is -2.24. The van der Waals surface area contributed by atoms with Crippen molar-refractivity contribution in [1.82, 2.24) is 5.32 Å². The highest BCUT2D eigenvalue weighted by Crippen LogP contribution is 2.20. The lowest BCUT2D eigenvalue weighted by Crippen LogP contribution is -2.34. The van der Waals surface area contributed by atoms with Crippen molar-refractivity contribution in [2.45, 2.75) is 26.7 Å². The smallest absolute Gasteiger partial charge is 0.251 e. The Labute approximate surface area is 119 Å². The molecular weight excluding hydrogens is 256 g/mol. The number of benzene rings is 1. The third-order valence-corrected chi connectivity index (χ3v) is 3.17. The van der Waals surface area contributed by atoms with Crippen LogP contribution in [0.2, 0.25) is 0 Å². The van der Waals surface area contributed by atoms with Crippen LogP contribution in [-0.4, -0.2) is 30.1 Å². The van der Waals surface area contributed by atoms with Gasteiger partial charge in [0.05, 0.1) is 0 Å². The summed E-state index contributed by atoms with van der Waals surface area (Å²) in [4.78, 5) is 22.9. The van der Waals surface area contributed by atoms with Crippen LogP contribution in [0.15, 0.2) is 24.3 Å². The highest BCUT2D eigenvalue weighted by Gasteiger charge is 2.18. The second-order valence-corrected chi connectivity index (χ2v) is 5.62. The highest BCUT2D eigenvalue weighted by atomic mass is 16.3. The molecule has 4 N–H and O–H groups in total. The van der Waals surface area contributed by atoms with Crippen LogP contribution in [0.4, 0.5) is 0 Å². The third kappa shape index (κ3) is 5.01. The number of aliphatic hydroxyl groups excluding tert-OH is 1. The van der Waals surface area contributed by atoms with E-state index in [0.29, 0.717) is 17.7 Å². The van der Waals surface area contributed by atoms with Crippen molar-refractivity contribution in [3.8, 4) is 0 Å². The molecule has 0 saturated carbocycles. The van der Waals surface area contributed by atoms with Gasteiger partial charge in [0, 0.05) is 24.3 Å². The van der Waals surface area contributed by atoms with Gasteiger partial charge in [-0.2, -0.15) is 0 Å². The fraction of sp³-hybridized carbons (Fsp3) is 0.467. The predicted molar refractivity (Wildman–Crippen MR) is 77.4 cm³/mol. The highest BCUT2D eigenvalue weighted by molar-refractivity contribution is 5.97. The standard InChI is InChI=1S/C15H22N2O3/c1-15(2,8-3-9-18)10-17-14(20)12-6-4-11(5-7-12)13(16)19/h4-7,18H,3,8-10H2,1-2H3,(H2,16,19)(H,17,20). The Morgan fingerprint density at radius 1 is 1.20 bits per heavy atom. The van der Waals surface area contributed by atoms with E-state index in [9.17, 15) is 9.59 Å². The molecule has 0 radical (unpaired) electrons. The van der Waals surface area contributed by atoms with Gasteiger partial charge in [-0.1, -0.05) is 13.8 Å². The Balaban J connectivity index is 2.56. The summed E-state index contributed by atoms with van der Waals surface area (Å²) in [6.07, 6.45) is 1.56. The lowest BCUT2D eigenvalue weighted by molar-refractivity contribution is 0.0931. The summed E-state index contributed by atoms with van der Waals surface area (Å²) < 4.78 is 0. The molecule has 5 heteroatoms. The quantitative estimate of drug-likeness (QED) is 0.702. The molecule has 0 atom stereocenters. The lowest BCUT2D eigenvalue weighted by atomic mass is 9.88. The first-order valence-electron chi connectivity index (χ1n) is 6.65. The minimum atomic E-state index is -0.512. The van der Waals surface area contributed by atoms with Crippen LogP contribution in [0, 0.1) is 5.41 Å². The Morgan fingerprint density at radius 3 is 2.25 bits per heavy atom. The molecule has 1 aromatic rings. The molecule has 0 aromatic heterocycles. The van der Waals surface area contributed by atoms with Gasteiger partial charge in [0.2, 0.25) is 5.91 Å². The van der Waals surface area contributed by atoms with Crippen molar-refractivity contribution in [3.05, 3.63) is 35.4 Å². The Bertz CT molecular complexity index is 467. The van der Waals surface area contributed by atoms with Crippen LogP contribution >= 0.6 is 0 Å². The summed E-state index contributed by atoms with van der Waals surface area (Å²) in [5.41, 5.74) is 5.95. The van der Waals surface area contributed by atoms with Gasteiger partial charge in [-0.3, -0.25) is 9.59 Å². The zero-order valence-corrected chi connectivity index (χ0v) is 12.0. The second-order valence-electron chi connectivity index (χ2n) is 5.62. The number of aliphatic hydroxyl groups is 1. The number of rotatable bonds is 7. The average molecular weight is 278 g/mol. The van der Waals surface area contributed by atoms with E-state index in [4.69, 9.17) is 10.8 Å². The number of hydrogen-bond acceptors (Lipinski definition) is 3. The second kappa shape index (κ2) is 7.05. The van der Waals surface area contributed by atoms with E-state index in [1.165, 1.54) is 12.1 Å². The molecule has 0 aliphatic carbocycles. The van der Waals surface area contributed by atoms with E-state index >= 15 is 0 Å². The maximum absolute atomic E-state index is 12.0. The van der Waals surface area contributed by atoms with Crippen molar-refractivity contribution in [2.24, 2.45) is 11.1 Å². The summed E-state index contributed by atoms with van der Waals surface area (Å²) in [5.74, 6) is -0.694. The van der Waals surface area contributed by atoms with Crippen molar-refractivity contribution in [3.63, 3.8) is 0 Å². The summed E-state index contributed by atoms with van der Waals surface area (Å²) >= 11 is 0. The fourth-order valence-electron chi connectivity index (χ4n) is 1.85. The molecule has 0 saturated heterocycles. The van der Waals surface area contributed by atoms with Crippen LogP contribution in [0.5, 0.6) is 0 Å². The van der Waals surface area contributed by atoms with Crippen molar-refractivity contribution in [2.75, 3.05) is 13.2 Å². The SMILES string of the molecule is CC(C)(CCCO)CNC(=O)c1ccc(C(N)=O)cc1. The van der Waals surface area contributed by atoms with Crippen LogP contribution in [0.25, 0.3) is 0 Å². The summed E-state index contributed by atoms with van der Waals surface area (Å²) in [6, 6.07) is 6.23. The van der Waals surface area contributed by atoms with Gasteiger partial charge >= 0.3 is 0 Å². The fourth-order valence-corrected chi connectivity index (χ4v) is 1.85. The molecule has 1 rings (SSSR count). The number of nitrogens with one attached hydrogen (secondary N) is 1. The van der Waals surface area contributed by atoms with Crippen molar-refractivity contribution in [1.29, 1.82) is 0 Å². The molecule has 0 fully saturated rings. The van der Waals surface area contributed by atoms with Crippen LogP contribution in [-0.2, 0) is 0 Å². The molecule has 0 spiro atoms. The molecule has 1 aromatic carbocycles. The monoisotopic (exact) mass is 278 g/mol. The molecule has 2 amide bonds. The number of amides is 2. The van der Waals surface area contributed by atoms with Crippen LogP contribution in [0.3, 0.4) is 0 Å². The van der Waals surface area contributed by atoms with E-state index in [1.807, 2.05) is 13.8 Å². The molecule has 0 bridgehead atoms. The van der Waals surface area contributed by atoms with Gasteiger partial charge in [0.1, 0.15) is 0 Å². The topological polar surface area (TPSA) is 92.4 Å². The number of primary amides is 1. The van der Waals surface area contributed by atoms with Crippen LogP contribution in [0.1, 0.15) is 47.4 Å². The van der Waals surface area contributed by atoms with E-state index in [0.717, 1.165) is 12.8 Å². The van der Waals surface area contributed by atoms with Gasteiger partial charge in [0.25, 0.3) is 5.91 Å². The number of nitrogens with two attached hydrogens (primary N) is 1. The molecule has 0 aliphatic rings. The van der Waals surface area contributed by atoms with E-state index in [-0.39, 0.29) is 17.9 Å². The zero-order valence-electron chi connectivity index (χ0n) is 12.0. The van der Waals surface area contributed by atoms with Gasteiger partial charge in [-0.15, -0.1) is 0 Å². The van der Waals surface area contributed by atoms with E-state index in [2.05, 4.69) is 5.32 Å². The molecule has 20 heavy (non-hydrogen) atoms. The van der Waals surface area contributed by atoms with Crippen molar-refractivity contribution >= 4 is 11.8 Å². The number of carbonyl (C=O) groups is 2. The summed E-state index contributed by atoms with van der Waals surface area (Å²) in [7, 11) is 0.